The van der Waals surface area contributed by atoms with Crippen LogP contribution in [0.15, 0.2) is 76.3 Å². The summed E-state index contributed by atoms with van der Waals surface area (Å²) in [7, 11) is -7.42. The number of hydrogen-bond donors (Lipinski definition) is 3. The quantitative estimate of drug-likeness (QED) is 0.201. The van der Waals surface area contributed by atoms with Crippen LogP contribution in [0.4, 0.5) is 0 Å². The highest BCUT2D eigenvalue weighted by Gasteiger charge is 2.32. The van der Waals surface area contributed by atoms with Gasteiger partial charge in [0, 0.05) is 45.2 Å². The van der Waals surface area contributed by atoms with Gasteiger partial charge in [0.05, 0.1) is 11.2 Å². The third-order valence-electron chi connectivity index (χ3n) is 6.53. The maximum atomic E-state index is 13.0. The number of sulfonamides is 2. The minimum Gasteiger partial charge on any atom is -0.484 e. The number of nitrogens with zero attached hydrogens (tertiary/aromatic N) is 3. The second kappa shape index (κ2) is 12.9. The Morgan fingerprint density at radius 2 is 1.70 bits per heavy atom. The van der Waals surface area contributed by atoms with Crippen molar-refractivity contribution in [2.45, 2.75) is 23.5 Å². The van der Waals surface area contributed by atoms with Gasteiger partial charge in [0.1, 0.15) is 29.9 Å². The zero-order chi connectivity index (χ0) is 28.8. The summed E-state index contributed by atoms with van der Waals surface area (Å²) in [4.78, 5) is 13.9. The van der Waals surface area contributed by atoms with Gasteiger partial charge >= 0.3 is 0 Å². The maximum Gasteiger partial charge on any atom is 0.262 e. The standard InChI is InChI=1S/C25H31N5O8S2/c1-39(33,34)30-14-12-29(13-15-30)23(25(31)27-32)18-26-40(35,36)21-9-7-20(8-10-21)38-24(22-11-16-37-28-22)17-19-5-3-2-4-6-19/h2-11,16,23-24,26,32H,12-15,17-18H2,1H3,(H,27,31)/t23-,24?/m0/s1. The number of carbonyl (C=O) groups excluding carboxylic acids is 1. The van der Waals surface area contributed by atoms with Crippen molar-refractivity contribution < 1.29 is 36.1 Å². The average Bonchev–Trinajstić information content (AvgIpc) is 3.48. The fourth-order valence-electron chi connectivity index (χ4n) is 4.37. The normalized spacial score (nSPS) is 16.8. The molecule has 0 aliphatic carbocycles. The first kappa shape index (κ1) is 29.6. The zero-order valence-corrected chi connectivity index (χ0v) is 23.3. The Bertz CT molecular complexity index is 1460. The third-order valence-corrected chi connectivity index (χ3v) is 9.27. The van der Waals surface area contributed by atoms with E-state index in [1.165, 1.54) is 34.8 Å². The number of benzene rings is 2. The summed E-state index contributed by atoms with van der Waals surface area (Å²) in [6.07, 6.45) is 2.60. The fraction of sp³-hybridized carbons (Fsp3) is 0.360. The van der Waals surface area contributed by atoms with Crippen molar-refractivity contribution in [3.8, 4) is 5.75 Å². The third kappa shape index (κ3) is 7.65. The fourth-order valence-corrected chi connectivity index (χ4v) is 6.23. The summed E-state index contributed by atoms with van der Waals surface area (Å²) in [6.45, 7) is 0.323. The van der Waals surface area contributed by atoms with Crippen molar-refractivity contribution in [1.29, 1.82) is 0 Å². The van der Waals surface area contributed by atoms with E-state index in [4.69, 9.17) is 9.26 Å². The van der Waals surface area contributed by atoms with E-state index in [9.17, 15) is 26.8 Å². The van der Waals surface area contributed by atoms with E-state index in [0.717, 1.165) is 11.8 Å². The molecule has 1 unspecified atom stereocenters. The molecule has 13 nitrogen and oxygen atoms in total. The Morgan fingerprint density at radius 3 is 2.27 bits per heavy atom. The topological polar surface area (TPSA) is 171 Å². The summed E-state index contributed by atoms with van der Waals surface area (Å²) in [5.74, 6) is -0.388. The summed E-state index contributed by atoms with van der Waals surface area (Å²) in [5.41, 5.74) is 3.18. The van der Waals surface area contributed by atoms with Crippen LogP contribution in [0.1, 0.15) is 17.4 Å². The molecule has 1 aliphatic rings. The van der Waals surface area contributed by atoms with Crippen molar-refractivity contribution >= 4 is 26.0 Å². The maximum absolute atomic E-state index is 13.0. The molecule has 1 saturated heterocycles. The van der Waals surface area contributed by atoms with Crippen LogP contribution in [0.5, 0.6) is 5.75 Å². The van der Waals surface area contributed by atoms with Crippen LogP contribution in [0.3, 0.4) is 0 Å². The summed E-state index contributed by atoms with van der Waals surface area (Å²) < 4.78 is 64.3. The molecular weight excluding hydrogens is 562 g/mol. The van der Waals surface area contributed by atoms with E-state index < -0.39 is 38.1 Å². The number of rotatable bonds is 12. The van der Waals surface area contributed by atoms with Crippen LogP contribution in [0.2, 0.25) is 0 Å². The second-order valence-corrected chi connectivity index (χ2v) is 13.0. The molecule has 0 saturated carbocycles. The molecule has 0 spiro atoms. The second-order valence-electron chi connectivity index (χ2n) is 9.23. The summed E-state index contributed by atoms with van der Waals surface area (Å²) in [6, 6.07) is 16.2. The zero-order valence-electron chi connectivity index (χ0n) is 21.7. The van der Waals surface area contributed by atoms with Crippen LogP contribution < -0.4 is 14.9 Å². The molecule has 0 radical (unpaired) electrons. The number of carbonyl (C=O) groups is 1. The van der Waals surface area contributed by atoms with Crippen molar-refractivity contribution in [3.05, 3.63) is 78.2 Å². The van der Waals surface area contributed by atoms with Crippen LogP contribution >= 0.6 is 0 Å². The lowest BCUT2D eigenvalue weighted by Gasteiger charge is -2.37. The van der Waals surface area contributed by atoms with Crippen molar-refractivity contribution in [3.63, 3.8) is 0 Å². The number of hydrogen-bond acceptors (Lipinski definition) is 10. The number of aromatic nitrogens is 1. The Balaban J connectivity index is 1.41. The van der Waals surface area contributed by atoms with Gasteiger partial charge in [-0.05, 0) is 29.8 Å². The molecule has 1 aliphatic heterocycles. The lowest BCUT2D eigenvalue weighted by Crippen LogP contribution is -2.58. The van der Waals surface area contributed by atoms with Gasteiger partial charge < -0.3 is 9.26 Å². The van der Waals surface area contributed by atoms with Gasteiger partial charge in [-0.2, -0.15) is 4.31 Å². The number of piperazine rings is 1. The lowest BCUT2D eigenvalue weighted by atomic mass is 10.1. The number of hydroxylamine groups is 1. The molecule has 2 aromatic carbocycles. The molecule has 3 N–H and O–H groups in total. The summed E-state index contributed by atoms with van der Waals surface area (Å²) >= 11 is 0. The van der Waals surface area contributed by atoms with Crippen LogP contribution in [-0.2, 0) is 31.3 Å². The van der Waals surface area contributed by atoms with Gasteiger partial charge in [0.2, 0.25) is 20.0 Å². The van der Waals surface area contributed by atoms with Crippen LogP contribution in [-0.4, -0.2) is 87.3 Å². The van der Waals surface area contributed by atoms with Crippen molar-refractivity contribution in [2.24, 2.45) is 0 Å². The Morgan fingerprint density at radius 1 is 1.02 bits per heavy atom. The molecule has 2 atom stereocenters. The minimum atomic E-state index is -4.03. The van der Waals surface area contributed by atoms with E-state index in [2.05, 4.69) is 9.88 Å². The molecule has 1 aromatic heterocycles. The smallest absolute Gasteiger partial charge is 0.262 e. The molecule has 0 bridgehead atoms. The lowest BCUT2D eigenvalue weighted by molar-refractivity contribution is -0.135. The largest absolute Gasteiger partial charge is 0.484 e. The molecule has 216 valence electrons. The SMILES string of the molecule is CS(=O)(=O)N1CCN([C@@H](CNS(=O)(=O)c2ccc(OC(Cc3ccccc3)c3ccon3)cc2)C(=O)NO)CC1. The Labute approximate surface area is 232 Å². The Hall–Kier alpha value is -3.34. The highest BCUT2D eigenvalue weighted by Crippen LogP contribution is 2.26. The van der Waals surface area contributed by atoms with Gasteiger partial charge in [-0.1, -0.05) is 35.5 Å². The molecular formula is C25H31N5O8S2. The Kier molecular flexibility index (Phi) is 9.55. The first-order chi connectivity index (χ1) is 19.1. The monoisotopic (exact) mass is 593 g/mol. The van der Waals surface area contributed by atoms with Gasteiger partial charge in [0.25, 0.3) is 5.91 Å². The first-order valence-electron chi connectivity index (χ1n) is 12.4. The predicted octanol–water partition coefficient (Wildman–Crippen LogP) is 0.767. The number of nitrogens with one attached hydrogen (secondary N) is 2. The molecule has 40 heavy (non-hydrogen) atoms. The first-order valence-corrected chi connectivity index (χ1v) is 15.7. The number of amides is 1. The van der Waals surface area contributed by atoms with E-state index in [1.54, 1.807) is 16.4 Å². The van der Waals surface area contributed by atoms with Crippen LogP contribution in [0, 0.1) is 0 Å². The van der Waals surface area contributed by atoms with Crippen molar-refractivity contribution in [2.75, 3.05) is 39.0 Å². The van der Waals surface area contributed by atoms with E-state index in [0.29, 0.717) is 17.9 Å². The predicted molar refractivity (Wildman–Crippen MR) is 143 cm³/mol. The number of ether oxygens (including phenoxy) is 1. The molecule has 4 rings (SSSR count). The summed E-state index contributed by atoms with van der Waals surface area (Å²) in [5, 5.41) is 13.2. The average molecular weight is 594 g/mol. The molecule has 15 heteroatoms. The van der Waals surface area contributed by atoms with Crippen LogP contribution in [0.25, 0.3) is 0 Å². The molecule has 3 aromatic rings. The van der Waals surface area contributed by atoms with E-state index in [-0.39, 0.29) is 37.6 Å². The molecule has 1 fully saturated rings. The van der Waals surface area contributed by atoms with Gasteiger partial charge in [0.15, 0.2) is 0 Å². The molecule has 2 heterocycles. The van der Waals surface area contributed by atoms with Crippen molar-refractivity contribution in [1.82, 2.24) is 24.6 Å². The highest BCUT2D eigenvalue weighted by molar-refractivity contribution is 7.89. The van der Waals surface area contributed by atoms with Gasteiger partial charge in [-0.25, -0.2) is 27.0 Å². The molecule has 1 amide bonds. The van der Waals surface area contributed by atoms with E-state index >= 15 is 0 Å². The highest BCUT2D eigenvalue weighted by atomic mass is 32.2. The minimum absolute atomic E-state index is 0.0500. The van der Waals surface area contributed by atoms with E-state index in [1.807, 2.05) is 30.3 Å². The van der Waals surface area contributed by atoms with Gasteiger partial charge in [-0.3, -0.25) is 14.9 Å². The van der Waals surface area contributed by atoms with Gasteiger partial charge in [-0.15, -0.1) is 0 Å².